The molecule has 1 aromatic rings. The van der Waals surface area contributed by atoms with Gasteiger partial charge in [0.1, 0.15) is 0 Å². The second-order valence-corrected chi connectivity index (χ2v) is 5.57. The molecule has 1 amide bonds. The summed E-state index contributed by atoms with van der Waals surface area (Å²) in [5, 5.41) is 13.3. The summed E-state index contributed by atoms with van der Waals surface area (Å²) >= 11 is 0.909. The van der Waals surface area contributed by atoms with Crippen LogP contribution in [0, 0.1) is 10.1 Å². The quantitative estimate of drug-likeness (QED) is 0.511. The summed E-state index contributed by atoms with van der Waals surface area (Å²) in [6.07, 6.45) is 7.89. The number of hydrogen-bond donors (Lipinski definition) is 1. The predicted molar refractivity (Wildman–Crippen MR) is 74.5 cm³/mol. The Morgan fingerprint density at radius 1 is 1.42 bits per heavy atom. The van der Waals surface area contributed by atoms with Gasteiger partial charge < -0.3 is 5.32 Å². The van der Waals surface area contributed by atoms with E-state index in [1.807, 2.05) is 0 Å². The van der Waals surface area contributed by atoms with Crippen LogP contribution in [0.15, 0.2) is 23.8 Å². The summed E-state index contributed by atoms with van der Waals surface area (Å²) < 4.78 is 0. The Morgan fingerprint density at radius 3 is 2.89 bits per heavy atom. The van der Waals surface area contributed by atoms with Crippen LogP contribution in [0.5, 0.6) is 0 Å². The molecule has 1 N–H and O–H groups in total. The van der Waals surface area contributed by atoms with E-state index in [0.717, 1.165) is 30.6 Å². The summed E-state index contributed by atoms with van der Waals surface area (Å²) in [6.45, 7) is 0.594. The number of nitrogens with one attached hydrogen (secondary N) is 1. The number of thiophene rings is 1. The normalized spacial score (nSPS) is 14.8. The lowest BCUT2D eigenvalue weighted by Crippen LogP contribution is -2.23. The topological polar surface area (TPSA) is 72.2 Å². The van der Waals surface area contributed by atoms with Gasteiger partial charge in [0, 0.05) is 12.6 Å². The van der Waals surface area contributed by atoms with Gasteiger partial charge in [-0.1, -0.05) is 23.0 Å². The van der Waals surface area contributed by atoms with Gasteiger partial charge in [-0.15, -0.1) is 0 Å². The van der Waals surface area contributed by atoms with Crippen molar-refractivity contribution in [2.24, 2.45) is 0 Å². The molecule has 0 saturated heterocycles. The van der Waals surface area contributed by atoms with Crippen LogP contribution in [0.2, 0.25) is 0 Å². The van der Waals surface area contributed by atoms with Gasteiger partial charge in [-0.2, -0.15) is 0 Å². The van der Waals surface area contributed by atoms with Crippen molar-refractivity contribution >= 4 is 22.2 Å². The summed E-state index contributed by atoms with van der Waals surface area (Å²) in [7, 11) is 0. The van der Waals surface area contributed by atoms with E-state index >= 15 is 0 Å². The molecule has 19 heavy (non-hydrogen) atoms. The monoisotopic (exact) mass is 280 g/mol. The van der Waals surface area contributed by atoms with E-state index in [0.29, 0.717) is 11.4 Å². The van der Waals surface area contributed by atoms with Crippen LogP contribution in [0.25, 0.3) is 0 Å². The van der Waals surface area contributed by atoms with Gasteiger partial charge in [-0.05, 0) is 38.2 Å². The zero-order chi connectivity index (χ0) is 13.7. The Balaban J connectivity index is 1.80. The molecular formula is C13H16N2O3S. The number of amides is 1. The van der Waals surface area contributed by atoms with Crippen molar-refractivity contribution in [3.8, 4) is 0 Å². The van der Waals surface area contributed by atoms with Crippen molar-refractivity contribution in [1.82, 2.24) is 5.32 Å². The Kier molecular flexibility index (Phi) is 4.68. The van der Waals surface area contributed by atoms with E-state index in [2.05, 4.69) is 11.4 Å². The number of allylic oxidation sites excluding steroid dienone is 1. The maximum absolute atomic E-state index is 11.8. The maximum Gasteiger partial charge on any atom is 0.324 e. The molecule has 6 heteroatoms. The van der Waals surface area contributed by atoms with Crippen molar-refractivity contribution in [3.63, 3.8) is 0 Å². The third-order valence-corrected chi connectivity index (χ3v) is 4.15. The minimum absolute atomic E-state index is 0.000129. The number of carbonyl (C=O) groups excluding carboxylic acids is 1. The van der Waals surface area contributed by atoms with Crippen molar-refractivity contribution < 1.29 is 9.72 Å². The van der Waals surface area contributed by atoms with Gasteiger partial charge in [-0.3, -0.25) is 14.9 Å². The summed E-state index contributed by atoms with van der Waals surface area (Å²) in [5.74, 6) is -0.227. The lowest BCUT2D eigenvalue weighted by atomic mass is 9.97. The van der Waals surface area contributed by atoms with Crippen molar-refractivity contribution in [2.45, 2.75) is 32.1 Å². The Bertz CT molecular complexity index is 508. The fraction of sp³-hybridized carbons (Fsp3) is 0.462. The SMILES string of the molecule is O=C(NCCC1=CCCCC1)c1ccc([N+](=O)[O-])s1. The van der Waals surface area contributed by atoms with Crippen LogP contribution in [0.3, 0.4) is 0 Å². The van der Waals surface area contributed by atoms with Gasteiger partial charge in [0.15, 0.2) is 0 Å². The third kappa shape index (κ3) is 3.89. The minimum atomic E-state index is -0.478. The minimum Gasteiger partial charge on any atom is -0.351 e. The fourth-order valence-corrected chi connectivity index (χ4v) is 2.84. The van der Waals surface area contributed by atoms with Crippen LogP contribution in [-0.4, -0.2) is 17.4 Å². The van der Waals surface area contributed by atoms with Crippen LogP contribution in [0.4, 0.5) is 5.00 Å². The molecule has 102 valence electrons. The van der Waals surface area contributed by atoms with Gasteiger partial charge >= 0.3 is 5.00 Å². The number of nitrogens with zero attached hydrogens (tertiary/aromatic N) is 1. The van der Waals surface area contributed by atoms with Crippen molar-refractivity contribution in [2.75, 3.05) is 6.54 Å². The molecule has 0 saturated carbocycles. The fourth-order valence-electron chi connectivity index (χ4n) is 2.10. The zero-order valence-electron chi connectivity index (χ0n) is 10.6. The second kappa shape index (κ2) is 6.47. The van der Waals surface area contributed by atoms with Crippen molar-refractivity contribution in [1.29, 1.82) is 0 Å². The molecule has 0 spiro atoms. The molecule has 0 aromatic carbocycles. The molecule has 2 rings (SSSR count). The summed E-state index contributed by atoms with van der Waals surface area (Å²) in [4.78, 5) is 22.2. The van der Waals surface area contributed by atoms with E-state index in [-0.39, 0.29) is 10.9 Å². The lowest BCUT2D eigenvalue weighted by Gasteiger charge is -2.12. The van der Waals surface area contributed by atoms with E-state index in [4.69, 9.17) is 0 Å². The molecule has 0 bridgehead atoms. The Hall–Kier alpha value is -1.69. The average Bonchev–Trinajstić information content (AvgIpc) is 2.89. The summed E-state index contributed by atoms with van der Waals surface area (Å²) in [5.41, 5.74) is 1.41. The van der Waals surface area contributed by atoms with Gasteiger partial charge in [0.25, 0.3) is 5.91 Å². The molecule has 0 unspecified atom stereocenters. The first kappa shape index (κ1) is 13.7. The number of carbonyl (C=O) groups is 1. The third-order valence-electron chi connectivity index (χ3n) is 3.11. The molecule has 1 aromatic heterocycles. The molecule has 1 aliphatic rings. The molecule has 0 fully saturated rings. The van der Waals surface area contributed by atoms with Crippen molar-refractivity contribution in [3.05, 3.63) is 38.8 Å². The highest BCUT2D eigenvalue weighted by Gasteiger charge is 2.14. The highest BCUT2D eigenvalue weighted by Crippen LogP contribution is 2.24. The van der Waals surface area contributed by atoms with Gasteiger partial charge in [0.2, 0.25) is 0 Å². The largest absolute Gasteiger partial charge is 0.351 e. The highest BCUT2D eigenvalue weighted by atomic mass is 32.1. The number of hydrogen-bond acceptors (Lipinski definition) is 4. The summed E-state index contributed by atoms with van der Waals surface area (Å²) in [6, 6.07) is 2.86. The number of rotatable bonds is 5. The Morgan fingerprint density at radius 2 is 2.26 bits per heavy atom. The molecule has 1 heterocycles. The molecule has 0 radical (unpaired) electrons. The Labute approximate surface area is 115 Å². The standard InChI is InChI=1S/C13H16N2O3S/c16-13(11-6-7-12(19-11)15(17)18)14-9-8-10-4-2-1-3-5-10/h4,6-7H,1-3,5,8-9H2,(H,14,16). The molecule has 0 atom stereocenters. The van der Waals surface area contributed by atoms with E-state index in [1.54, 1.807) is 0 Å². The lowest BCUT2D eigenvalue weighted by molar-refractivity contribution is -0.380. The predicted octanol–water partition coefficient (Wildman–Crippen LogP) is 3.28. The first-order chi connectivity index (χ1) is 9.16. The van der Waals surface area contributed by atoms with E-state index in [9.17, 15) is 14.9 Å². The van der Waals surface area contributed by atoms with E-state index < -0.39 is 4.92 Å². The molecule has 1 aliphatic carbocycles. The van der Waals surface area contributed by atoms with Gasteiger partial charge in [0.05, 0.1) is 9.80 Å². The van der Waals surface area contributed by atoms with Crippen LogP contribution in [-0.2, 0) is 0 Å². The first-order valence-corrected chi connectivity index (χ1v) is 7.19. The first-order valence-electron chi connectivity index (χ1n) is 6.37. The number of nitro groups is 1. The molecule has 5 nitrogen and oxygen atoms in total. The maximum atomic E-state index is 11.8. The zero-order valence-corrected chi connectivity index (χ0v) is 11.4. The van der Waals surface area contributed by atoms with Crippen LogP contribution >= 0.6 is 11.3 Å². The highest BCUT2D eigenvalue weighted by molar-refractivity contribution is 7.17. The smallest absolute Gasteiger partial charge is 0.324 e. The second-order valence-electron chi connectivity index (χ2n) is 4.51. The van der Waals surface area contributed by atoms with Gasteiger partial charge in [-0.25, -0.2) is 0 Å². The molecular weight excluding hydrogens is 264 g/mol. The van der Waals surface area contributed by atoms with Crippen LogP contribution in [0.1, 0.15) is 41.8 Å². The molecule has 0 aliphatic heterocycles. The average molecular weight is 280 g/mol. The van der Waals surface area contributed by atoms with E-state index in [1.165, 1.54) is 30.5 Å². The van der Waals surface area contributed by atoms with Crippen LogP contribution < -0.4 is 5.32 Å².